The lowest BCUT2D eigenvalue weighted by Gasteiger charge is -2.18. The van der Waals surface area contributed by atoms with Crippen molar-refractivity contribution in [2.75, 3.05) is 24.4 Å². The van der Waals surface area contributed by atoms with E-state index in [2.05, 4.69) is 23.8 Å². The van der Waals surface area contributed by atoms with Gasteiger partial charge < -0.3 is 9.84 Å². The van der Waals surface area contributed by atoms with Gasteiger partial charge in [0.15, 0.2) is 0 Å². The molecular weight excluding hydrogens is 496 g/mol. The van der Waals surface area contributed by atoms with Crippen LogP contribution in [0, 0.1) is 11.8 Å². The molecule has 1 aromatic carbocycles. The van der Waals surface area contributed by atoms with E-state index >= 15 is 0 Å². The minimum atomic E-state index is -0.561. The molecule has 0 amide bonds. The van der Waals surface area contributed by atoms with Gasteiger partial charge in [-0.25, -0.2) is 0 Å². The number of thiophene rings is 1. The van der Waals surface area contributed by atoms with Gasteiger partial charge in [-0.15, -0.1) is 23.1 Å². The fourth-order valence-electron chi connectivity index (χ4n) is 4.02. The Hall–Kier alpha value is -0.990. The molecule has 4 atom stereocenters. The molecule has 1 aromatic heterocycles. The molecule has 8 heteroatoms. The van der Waals surface area contributed by atoms with Crippen LogP contribution in [0.15, 0.2) is 36.4 Å². The molecule has 1 heterocycles. The number of aliphatic hydroxyl groups excluding tert-OH is 1. The van der Waals surface area contributed by atoms with E-state index < -0.39 is 6.10 Å². The first-order valence-corrected chi connectivity index (χ1v) is 14.6. The van der Waals surface area contributed by atoms with Crippen molar-refractivity contribution in [3.63, 3.8) is 0 Å². The molecule has 0 saturated heterocycles. The predicted octanol–water partition coefficient (Wildman–Crippen LogP) is 6.03. The Morgan fingerprint density at radius 1 is 1.36 bits per heavy atom. The molecule has 4 nitrogen and oxygen atoms in total. The summed E-state index contributed by atoms with van der Waals surface area (Å²) >= 11 is 11.5. The summed E-state index contributed by atoms with van der Waals surface area (Å²) < 4.78 is 5.81. The number of allylic oxidation sites excluding steroid dienone is 1. The highest BCUT2D eigenvalue weighted by Crippen LogP contribution is 2.39. The fraction of sp³-hybridized carbons (Fsp3) is 0.520. The van der Waals surface area contributed by atoms with E-state index in [4.69, 9.17) is 11.6 Å². The topological polar surface area (TPSA) is 63.6 Å². The normalized spacial score (nSPS) is 21.8. The first-order valence-electron chi connectivity index (χ1n) is 11.2. The molecule has 33 heavy (non-hydrogen) atoms. The van der Waals surface area contributed by atoms with Gasteiger partial charge in [0, 0.05) is 21.4 Å². The molecule has 2 unspecified atom stereocenters. The second-order valence-electron chi connectivity index (χ2n) is 8.33. The number of carbonyl (C=O) groups excluding carboxylic acids is 2. The molecule has 1 fully saturated rings. The number of benzene rings is 1. The minimum absolute atomic E-state index is 0.0499. The maximum Gasteiger partial charge on any atom is 0.315 e. The zero-order valence-corrected chi connectivity index (χ0v) is 22.2. The van der Waals surface area contributed by atoms with E-state index in [9.17, 15) is 14.7 Å². The Kier molecular flexibility index (Phi) is 10.6. The fourth-order valence-corrected chi connectivity index (χ4v) is 7.95. The Labute approximate surface area is 213 Å². The van der Waals surface area contributed by atoms with Crippen LogP contribution in [0.2, 0.25) is 5.02 Å². The van der Waals surface area contributed by atoms with E-state index in [1.54, 1.807) is 34.9 Å². The van der Waals surface area contributed by atoms with Gasteiger partial charge >= 0.3 is 5.97 Å². The first kappa shape index (κ1) is 26.6. The molecule has 2 aromatic rings. The average molecular weight is 527 g/mol. The Morgan fingerprint density at radius 2 is 2.15 bits per heavy atom. The lowest BCUT2D eigenvalue weighted by molar-refractivity contribution is -0.137. The third kappa shape index (κ3) is 7.49. The molecule has 1 aliphatic carbocycles. The van der Waals surface area contributed by atoms with Gasteiger partial charge in [-0.1, -0.05) is 48.9 Å². The molecular formula is C25H31ClO4S3. The first-order chi connectivity index (χ1) is 15.9. The van der Waals surface area contributed by atoms with Gasteiger partial charge in [-0.2, -0.15) is 11.8 Å². The van der Waals surface area contributed by atoms with Crippen molar-refractivity contribution in [2.45, 2.75) is 44.0 Å². The molecule has 0 radical (unpaired) electrons. The summed E-state index contributed by atoms with van der Waals surface area (Å²) in [6.07, 6.45) is 6.22. The van der Waals surface area contributed by atoms with Crippen LogP contribution in [-0.4, -0.2) is 52.6 Å². The van der Waals surface area contributed by atoms with Crippen molar-refractivity contribution in [3.8, 4) is 0 Å². The van der Waals surface area contributed by atoms with Crippen LogP contribution in [-0.2, 0) is 20.7 Å². The van der Waals surface area contributed by atoms with Crippen LogP contribution in [0.4, 0.5) is 0 Å². The van der Waals surface area contributed by atoms with E-state index in [1.165, 1.54) is 11.8 Å². The summed E-state index contributed by atoms with van der Waals surface area (Å²) in [5.74, 6) is 2.65. The molecule has 180 valence electrons. The largest absolute Gasteiger partial charge is 0.468 e. The Bertz CT molecular complexity index is 974. The highest BCUT2D eigenvalue weighted by atomic mass is 35.5. The zero-order chi connectivity index (χ0) is 23.8. The summed E-state index contributed by atoms with van der Waals surface area (Å²) in [7, 11) is 1.40. The van der Waals surface area contributed by atoms with Gasteiger partial charge in [0.25, 0.3) is 0 Å². The van der Waals surface area contributed by atoms with Crippen LogP contribution in [0.25, 0.3) is 10.1 Å². The van der Waals surface area contributed by atoms with E-state index in [0.717, 1.165) is 39.6 Å². The van der Waals surface area contributed by atoms with Crippen molar-refractivity contribution in [1.29, 1.82) is 0 Å². The number of ether oxygens (including phenoxy) is 1. The number of aliphatic hydroxyl groups is 1. The number of halogens is 1. The lowest BCUT2D eigenvalue weighted by atomic mass is 9.96. The molecule has 0 spiro atoms. The number of Topliss-reactive ketones (excluding diaryl/α,β-unsaturated/α-hetero) is 1. The van der Waals surface area contributed by atoms with Crippen LogP contribution >= 0.6 is 46.5 Å². The minimum Gasteiger partial charge on any atom is -0.468 e. The number of fused-ring (bicyclic) bond motifs is 1. The summed E-state index contributed by atoms with van der Waals surface area (Å²) in [6.45, 7) is 2.11. The highest BCUT2D eigenvalue weighted by molar-refractivity contribution is 8.01. The standard InChI is InChI=1S/C25H31ClO4S3/c1-16-14-20(28)25(32-13-5-12-31-15-23(29)30-2)18(16)10-8-17(27)9-11-22-24(26)19-6-3-4-7-21(19)33-22/h3-4,6-8,10,16-18,25,27H,5,9,11-15H2,1-2H3/b10-8+/t16-,17?,18?,25-/m1/s1. The number of hydrogen-bond donors (Lipinski definition) is 1. The van der Waals surface area contributed by atoms with Crippen LogP contribution in [0.5, 0.6) is 0 Å². The molecule has 1 N–H and O–H groups in total. The molecule has 0 aliphatic heterocycles. The van der Waals surface area contributed by atoms with Gasteiger partial charge in [0.1, 0.15) is 5.78 Å². The SMILES string of the molecule is COC(=O)CSCCCS[C@H]1C(=O)C[C@@H](C)C1/C=C/C(O)CCc1sc2ccccc2c1Cl. The van der Waals surface area contributed by atoms with Crippen LogP contribution in [0.1, 0.15) is 31.1 Å². The van der Waals surface area contributed by atoms with Crippen LogP contribution < -0.4 is 0 Å². The van der Waals surface area contributed by atoms with Gasteiger partial charge in [-0.3, -0.25) is 9.59 Å². The summed E-state index contributed by atoms with van der Waals surface area (Å²) in [5.41, 5.74) is 0. The van der Waals surface area contributed by atoms with E-state index in [0.29, 0.717) is 24.4 Å². The Morgan fingerprint density at radius 3 is 2.91 bits per heavy atom. The summed E-state index contributed by atoms with van der Waals surface area (Å²) in [4.78, 5) is 24.8. The quantitative estimate of drug-likeness (QED) is 0.207. The third-order valence-corrected chi connectivity index (χ3v) is 10.1. The second kappa shape index (κ2) is 13.2. The maximum absolute atomic E-state index is 12.5. The number of hydrogen-bond acceptors (Lipinski definition) is 7. The molecule has 3 rings (SSSR count). The summed E-state index contributed by atoms with van der Waals surface area (Å²) in [5, 5.41) is 12.4. The number of carbonyl (C=O) groups is 2. The monoisotopic (exact) mass is 526 g/mol. The van der Waals surface area contributed by atoms with E-state index in [-0.39, 0.29) is 23.1 Å². The smallest absolute Gasteiger partial charge is 0.315 e. The van der Waals surface area contributed by atoms with E-state index in [1.807, 2.05) is 24.3 Å². The van der Waals surface area contributed by atoms with Crippen molar-refractivity contribution in [1.82, 2.24) is 0 Å². The number of ketones is 1. The maximum atomic E-state index is 12.5. The van der Waals surface area contributed by atoms with Crippen molar-refractivity contribution < 1.29 is 19.4 Å². The Balaban J connectivity index is 1.47. The molecule has 0 bridgehead atoms. The number of esters is 1. The molecule has 1 saturated carbocycles. The number of rotatable bonds is 12. The van der Waals surface area contributed by atoms with Gasteiger partial charge in [-0.05, 0) is 48.7 Å². The lowest BCUT2D eigenvalue weighted by Crippen LogP contribution is -2.19. The van der Waals surface area contributed by atoms with Gasteiger partial charge in [0.05, 0.1) is 29.2 Å². The van der Waals surface area contributed by atoms with Gasteiger partial charge in [0.2, 0.25) is 0 Å². The number of thioether (sulfide) groups is 2. The number of methoxy groups -OCH3 is 1. The van der Waals surface area contributed by atoms with Crippen molar-refractivity contribution in [3.05, 3.63) is 46.3 Å². The predicted molar refractivity (Wildman–Crippen MR) is 143 cm³/mol. The molecule has 1 aliphatic rings. The average Bonchev–Trinajstić information content (AvgIpc) is 3.27. The number of aryl methyl sites for hydroxylation is 1. The zero-order valence-electron chi connectivity index (χ0n) is 19.0. The van der Waals surface area contributed by atoms with Crippen molar-refractivity contribution in [2.24, 2.45) is 11.8 Å². The van der Waals surface area contributed by atoms with Crippen LogP contribution in [0.3, 0.4) is 0 Å². The second-order valence-corrected chi connectivity index (χ2v) is 12.2. The summed E-state index contributed by atoms with van der Waals surface area (Å²) in [6, 6.07) is 8.10. The highest BCUT2D eigenvalue weighted by Gasteiger charge is 2.38. The third-order valence-electron chi connectivity index (χ3n) is 5.85. The van der Waals surface area contributed by atoms with Crippen molar-refractivity contribution >= 4 is 68.3 Å².